The molecule has 2 rings (SSSR count). The first-order valence-electron chi connectivity index (χ1n) is 4.81. The Morgan fingerprint density at radius 3 is 2.63 bits per heavy atom. The number of hydrogen-bond donors (Lipinski definition) is 1. The topological polar surface area (TPSA) is 104 Å². The maximum absolute atomic E-state index is 10.9. The third-order valence-corrected chi connectivity index (χ3v) is 3.48. The average molecular weight is 321 g/mol. The number of aromatic nitrogens is 2. The summed E-state index contributed by atoms with van der Waals surface area (Å²) in [5, 5.41) is 19.3. The summed E-state index contributed by atoms with van der Waals surface area (Å²) in [4.78, 5) is 10.3. The van der Waals surface area contributed by atoms with Crippen molar-refractivity contribution in [2.45, 2.75) is 6.61 Å². The fraction of sp³-hybridized carbons (Fsp3) is 0.111. The van der Waals surface area contributed by atoms with Crippen molar-refractivity contribution in [1.29, 1.82) is 0 Å². The number of nitrogen functional groups attached to an aromatic ring is 1. The van der Waals surface area contributed by atoms with Gasteiger partial charge in [-0.1, -0.05) is 34.5 Å². The number of hydrogen-bond acceptors (Lipinski definition) is 7. The van der Waals surface area contributed by atoms with Crippen LogP contribution in [-0.4, -0.2) is 15.1 Å². The monoisotopic (exact) mass is 320 g/mol. The maximum atomic E-state index is 10.9. The summed E-state index contributed by atoms with van der Waals surface area (Å²) in [6.45, 7) is 0.00761. The lowest BCUT2D eigenvalue weighted by Gasteiger charge is -2.06. The molecule has 0 unspecified atom stereocenters. The maximum Gasteiger partial charge on any atom is 0.312 e. The van der Waals surface area contributed by atoms with Gasteiger partial charge in [0.05, 0.1) is 15.0 Å². The molecule has 100 valence electrons. The molecule has 0 saturated heterocycles. The zero-order valence-corrected chi connectivity index (χ0v) is 11.5. The number of ether oxygens (including phenoxy) is 1. The summed E-state index contributed by atoms with van der Waals surface area (Å²) in [7, 11) is 0. The summed E-state index contributed by atoms with van der Waals surface area (Å²) >= 11 is 12.6. The van der Waals surface area contributed by atoms with Crippen molar-refractivity contribution in [2.75, 3.05) is 5.73 Å². The van der Waals surface area contributed by atoms with Gasteiger partial charge < -0.3 is 10.5 Å². The molecule has 0 aliphatic carbocycles. The number of nitrogens with zero attached hydrogens (tertiary/aromatic N) is 3. The fourth-order valence-electron chi connectivity index (χ4n) is 1.24. The quantitative estimate of drug-likeness (QED) is 0.686. The zero-order valence-electron chi connectivity index (χ0n) is 9.17. The molecule has 0 saturated carbocycles. The molecule has 1 heterocycles. The second kappa shape index (κ2) is 5.55. The van der Waals surface area contributed by atoms with Crippen LogP contribution in [0.25, 0.3) is 0 Å². The molecule has 2 aromatic rings. The Labute approximate surface area is 121 Å². The lowest BCUT2D eigenvalue weighted by atomic mass is 10.3. The molecule has 0 fully saturated rings. The van der Waals surface area contributed by atoms with Gasteiger partial charge in [0, 0.05) is 12.1 Å². The Bertz CT molecular complexity index is 634. The van der Waals surface area contributed by atoms with Crippen LogP contribution in [0.3, 0.4) is 0 Å². The normalized spacial score (nSPS) is 10.4. The van der Waals surface area contributed by atoms with Crippen molar-refractivity contribution >= 4 is 45.4 Å². The predicted molar refractivity (Wildman–Crippen MR) is 71.8 cm³/mol. The first-order chi connectivity index (χ1) is 8.97. The van der Waals surface area contributed by atoms with Gasteiger partial charge in [0.15, 0.2) is 10.8 Å². The molecule has 0 spiro atoms. The van der Waals surface area contributed by atoms with Crippen LogP contribution >= 0.6 is 34.5 Å². The number of nitro groups is 1. The highest BCUT2D eigenvalue weighted by atomic mass is 35.5. The lowest BCUT2D eigenvalue weighted by molar-refractivity contribution is -0.385. The Hall–Kier alpha value is -1.64. The molecule has 1 aromatic heterocycles. The molecular weight excluding hydrogens is 315 g/mol. The van der Waals surface area contributed by atoms with Crippen molar-refractivity contribution in [1.82, 2.24) is 10.2 Å². The van der Waals surface area contributed by atoms with E-state index in [0.717, 1.165) is 17.4 Å². The summed E-state index contributed by atoms with van der Waals surface area (Å²) < 4.78 is 5.30. The van der Waals surface area contributed by atoms with Crippen LogP contribution in [0.1, 0.15) is 5.01 Å². The van der Waals surface area contributed by atoms with E-state index in [4.69, 9.17) is 33.7 Å². The van der Waals surface area contributed by atoms with Crippen LogP contribution in [0.15, 0.2) is 12.1 Å². The standard InChI is InChI=1S/C9H6Cl2N4O3S/c10-4-1-6(15(16)17)7(2-5(4)11)18-3-8-13-14-9(12)19-8/h1-2H,3H2,(H2,12,14). The Morgan fingerprint density at radius 2 is 2.05 bits per heavy atom. The minimum atomic E-state index is -0.605. The minimum absolute atomic E-state index is 0.00757. The van der Waals surface area contributed by atoms with Crippen molar-refractivity contribution in [3.8, 4) is 5.75 Å². The van der Waals surface area contributed by atoms with Gasteiger partial charge in [-0.3, -0.25) is 10.1 Å². The van der Waals surface area contributed by atoms with Crippen molar-refractivity contribution in [3.63, 3.8) is 0 Å². The molecular formula is C9H6Cl2N4O3S. The van der Waals surface area contributed by atoms with Crippen LogP contribution < -0.4 is 10.5 Å². The molecule has 1 aromatic carbocycles. The summed E-state index contributed by atoms with van der Waals surface area (Å²) in [5.41, 5.74) is 5.14. The average Bonchev–Trinajstić information content (AvgIpc) is 2.76. The van der Waals surface area contributed by atoms with Crippen molar-refractivity contribution in [2.24, 2.45) is 0 Å². The highest BCUT2D eigenvalue weighted by Crippen LogP contribution is 2.36. The van der Waals surface area contributed by atoms with Gasteiger partial charge in [-0.2, -0.15) is 0 Å². The van der Waals surface area contributed by atoms with E-state index in [1.54, 1.807) is 0 Å². The highest BCUT2D eigenvalue weighted by Gasteiger charge is 2.19. The van der Waals surface area contributed by atoms with Gasteiger partial charge in [0.25, 0.3) is 0 Å². The molecule has 2 N–H and O–H groups in total. The largest absolute Gasteiger partial charge is 0.479 e. The van der Waals surface area contributed by atoms with E-state index < -0.39 is 4.92 Å². The van der Waals surface area contributed by atoms with E-state index in [9.17, 15) is 10.1 Å². The van der Waals surface area contributed by atoms with Gasteiger partial charge in [-0.15, -0.1) is 10.2 Å². The Morgan fingerprint density at radius 1 is 1.37 bits per heavy atom. The number of halogens is 2. The second-order valence-corrected chi connectivity index (χ2v) is 5.22. The van der Waals surface area contributed by atoms with Crippen LogP contribution in [0.2, 0.25) is 10.0 Å². The fourth-order valence-corrected chi connectivity index (χ4v) is 2.07. The zero-order chi connectivity index (χ0) is 14.0. The Kier molecular flexibility index (Phi) is 4.03. The SMILES string of the molecule is Nc1nnc(COc2cc(Cl)c(Cl)cc2[N+](=O)[O-])s1. The van der Waals surface area contributed by atoms with Crippen LogP contribution in [0.4, 0.5) is 10.8 Å². The van der Waals surface area contributed by atoms with E-state index in [0.29, 0.717) is 10.1 Å². The van der Waals surface area contributed by atoms with E-state index in [1.165, 1.54) is 6.07 Å². The van der Waals surface area contributed by atoms with Crippen molar-refractivity contribution < 1.29 is 9.66 Å². The molecule has 0 radical (unpaired) electrons. The summed E-state index contributed by atoms with van der Waals surface area (Å²) in [6.07, 6.45) is 0. The van der Waals surface area contributed by atoms with E-state index in [-0.39, 0.29) is 28.1 Å². The van der Waals surface area contributed by atoms with Crippen LogP contribution in [-0.2, 0) is 6.61 Å². The van der Waals surface area contributed by atoms with Gasteiger partial charge >= 0.3 is 5.69 Å². The van der Waals surface area contributed by atoms with E-state index in [2.05, 4.69) is 10.2 Å². The van der Waals surface area contributed by atoms with Crippen LogP contribution in [0.5, 0.6) is 5.75 Å². The third-order valence-electron chi connectivity index (χ3n) is 2.03. The molecule has 0 aliphatic rings. The van der Waals surface area contributed by atoms with E-state index >= 15 is 0 Å². The van der Waals surface area contributed by atoms with Gasteiger partial charge in [-0.05, 0) is 0 Å². The lowest BCUT2D eigenvalue weighted by Crippen LogP contribution is -1.99. The molecule has 7 nitrogen and oxygen atoms in total. The number of nitro benzene ring substituents is 1. The summed E-state index contributed by atoms with van der Waals surface area (Å²) in [6, 6.07) is 2.42. The van der Waals surface area contributed by atoms with Gasteiger partial charge in [-0.25, -0.2) is 0 Å². The van der Waals surface area contributed by atoms with Gasteiger partial charge in [0.2, 0.25) is 5.13 Å². The van der Waals surface area contributed by atoms with E-state index in [1.807, 2.05) is 0 Å². The van der Waals surface area contributed by atoms with Crippen LogP contribution in [0, 0.1) is 10.1 Å². The molecule has 0 atom stereocenters. The molecule has 0 bridgehead atoms. The molecule has 10 heteroatoms. The smallest absolute Gasteiger partial charge is 0.312 e. The first kappa shape index (κ1) is 13.8. The number of benzene rings is 1. The van der Waals surface area contributed by atoms with Gasteiger partial charge in [0.1, 0.15) is 6.61 Å². The molecule has 19 heavy (non-hydrogen) atoms. The third kappa shape index (κ3) is 3.22. The molecule has 0 aliphatic heterocycles. The molecule has 0 amide bonds. The first-order valence-corrected chi connectivity index (χ1v) is 6.38. The van der Waals surface area contributed by atoms with Crippen molar-refractivity contribution in [3.05, 3.63) is 37.3 Å². The number of anilines is 1. The minimum Gasteiger partial charge on any atom is -0.479 e. The Balaban J connectivity index is 2.23. The predicted octanol–water partition coefficient (Wildman–Crippen LogP) is 2.91. The second-order valence-electron chi connectivity index (χ2n) is 3.31. The summed E-state index contributed by atoms with van der Waals surface area (Å²) in [5.74, 6) is 0.00757. The number of nitrogens with two attached hydrogens (primary N) is 1. The number of rotatable bonds is 4. The highest BCUT2D eigenvalue weighted by molar-refractivity contribution is 7.15.